The molecule has 27 heavy (non-hydrogen) atoms. The molecule has 3 N–H and O–H groups in total. The van der Waals surface area contributed by atoms with E-state index in [9.17, 15) is 13.2 Å². The molecule has 0 spiro atoms. The smallest absolute Gasteiger partial charge is 0.406 e. The number of fused-ring (bicyclic) bond motifs is 1. The number of benzene rings is 2. The van der Waals surface area contributed by atoms with E-state index in [0.717, 1.165) is 28.1 Å². The van der Waals surface area contributed by atoms with Crippen LogP contribution in [0, 0.1) is 0 Å². The largest absolute Gasteiger partial charge is 0.573 e. The molecule has 0 bridgehead atoms. The van der Waals surface area contributed by atoms with Crippen LogP contribution in [0.4, 0.5) is 18.9 Å². The molecular formula is C18H17F3N4OS. The number of halogens is 3. The average molecular weight is 394 g/mol. The normalized spacial score (nSPS) is 12.3. The van der Waals surface area contributed by atoms with Gasteiger partial charge in [0.25, 0.3) is 0 Å². The number of nitrogens with one attached hydrogen (secondary N) is 1. The lowest BCUT2D eigenvalue weighted by Crippen LogP contribution is -2.23. The first-order valence-corrected chi connectivity index (χ1v) is 8.98. The summed E-state index contributed by atoms with van der Waals surface area (Å²) in [4.78, 5) is 8.78. The van der Waals surface area contributed by atoms with E-state index in [0.29, 0.717) is 12.2 Å². The third-order valence-corrected chi connectivity index (χ3v) is 4.63. The predicted octanol–water partition coefficient (Wildman–Crippen LogP) is 4.55. The molecule has 1 heterocycles. The highest BCUT2D eigenvalue weighted by molar-refractivity contribution is 7.18. The number of anilines is 1. The summed E-state index contributed by atoms with van der Waals surface area (Å²) in [6, 6.07) is 13.3. The lowest BCUT2D eigenvalue weighted by atomic mass is 10.3. The molecule has 0 amide bonds. The Hall–Kier alpha value is -2.81. The van der Waals surface area contributed by atoms with E-state index in [2.05, 4.69) is 20.0 Å². The van der Waals surface area contributed by atoms with Crippen LogP contribution >= 0.6 is 11.3 Å². The minimum absolute atomic E-state index is 0.198. The maximum absolute atomic E-state index is 12.1. The molecule has 1 aromatic heterocycles. The Morgan fingerprint density at radius 1 is 1.15 bits per heavy atom. The summed E-state index contributed by atoms with van der Waals surface area (Å²) in [6.45, 7) is 0.518. The van der Waals surface area contributed by atoms with Crippen LogP contribution in [0.1, 0.15) is 11.4 Å². The first-order chi connectivity index (χ1) is 12.9. The monoisotopic (exact) mass is 394 g/mol. The topological polar surface area (TPSA) is 72.5 Å². The predicted molar refractivity (Wildman–Crippen MR) is 101 cm³/mol. The third-order valence-electron chi connectivity index (χ3n) is 3.53. The van der Waals surface area contributed by atoms with Gasteiger partial charge in [-0.3, -0.25) is 4.99 Å². The van der Waals surface area contributed by atoms with Crippen LogP contribution in [0.3, 0.4) is 0 Å². The first kappa shape index (κ1) is 19.0. The van der Waals surface area contributed by atoms with E-state index in [1.165, 1.54) is 24.3 Å². The van der Waals surface area contributed by atoms with Crippen LogP contribution in [0.25, 0.3) is 10.2 Å². The van der Waals surface area contributed by atoms with Crippen molar-refractivity contribution in [3.05, 3.63) is 53.5 Å². The van der Waals surface area contributed by atoms with E-state index in [-0.39, 0.29) is 11.7 Å². The van der Waals surface area contributed by atoms with Crippen LogP contribution in [-0.4, -0.2) is 23.9 Å². The van der Waals surface area contributed by atoms with Crippen LogP contribution in [0.2, 0.25) is 0 Å². The number of aliphatic imine (C=N–C) groups is 1. The number of nitrogens with zero attached hydrogens (tertiary/aromatic N) is 2. The van der Waals surface area contributed by atoms with Crippen LogP contribution in [0.5, 0.6) is 5.75 Å². The SMILES string of the molecule is NC(=NCCCc1nc2ccccc2s1)Nc1ccc(OC(F)(F)F)cc1. The summed E-state index contributed by atoms with van der Waals surface area (Å²) in [6.07, 6.45) is -3.11. The van der Waals surface area contributed by atoms with E-state index >= 15 is 0 Å². The number of nitrogens with two attached hydrogens (primary N) is 1. The van der Waals surface area contributed by atoms with Gasteiger partial charge in [0.2, 0.25) is 0 Å². The van der Waals surface area contributed by atoms with Crippen molar-refractivity contribution < 1.29 is 17.9 Å². The van der Waals surface area contributed by atoms with Gasteiger partial charge >= 0.3 is 6.36 Å². The molecule has 2 aromatic carbocycles. The van der Waals surface area contributed by atoms with Gasteiger partial charge < -0.3 is 15.8 Å². The molecule has 9 heteroatoms. The Morgan fingerprint density at radius 3 is 2.59 bits per heavy atom. The van der Waals surface area contributed by atoms with Crippen molar-refractivity contribution in [2.24, 2.45) is 10.7 Å². The Kier molecular flexibility index (Phi) is 5.80. The number of hydrogen-bond donors (Lipinski definition) is 2. The molecular weight excluding hydrogens is 377 g/mol. The van der Waals surface area contributed by atoms with Gasteiger partial charge in [0.15, 0.2) is 5.96 Å². The molecule has 0 aliphatic carbocycles. The molecule has 5 nitrogen and oxygen atoms in total. The summed E-state index contributed by atoms with van der Waals surface area (Å²) in [5, 5.41) is 3.88. The number of aryl methyl sites for hydroxylation is 1. The summed E-state index contributed by atoms with van der Waals surface area (Å²) >= 11 is 1.67. The van der Waals surface area contributed by atoms with Gasteiger partial charge in [0.05, 0.1) is 15.2 Å². The second-order valence-electron chi connectivity index (χ2n) is 5.64. The zero-order chi connectivity index (χ0) is 19.3. The zero-order valence-electron chi connectivity index (χ0n) is 14.2. The lowest BCUT2D eigenvalue weighted by Gasteiger charge is -2.10. The molecule has 0 aliphatic rings. The van der Waals surface area contributed by atoms with E-state index in [4.69, 9.17) is 5.73 Å². The zero-order valence-corrected chi connectivity index (χ0v) is 15.0. The van der Waals surface area contributed by atoms with E-state index in [1.807, 2.05) is 24.3 Å². The third kappa shape index (κ3) is 5.85. The second-order valence-corrected chi connectivity index (χ2v) is 6.76. The van der Waals surface area contributed by atoms with Gasteiger partial charge in [0, 0.05) is 18.7 Å². The number of ether oxygens (including phenoxy) is 1. The number of guanidine groups is 1. The second kappa shape index (κ2) is 8.26. The molecule has 0 aliphatic heterocycles. The fraction of sp³-hybridized carbons (Fsp3) is 0.222. The summed E-state index contributed by atoms with van der Waals surface area (Å²) in [7, 11) is 0. The van der Waals surface area contributed by atoms with Crippen molar-refractivity contribution in [3.63, 3.8) is 0 Å². The molecule has 142 valence electrons. The number of thiazole rings is 1. The Balaban J connectivity index is 1.46. The minimum Gasteiger partial charge on any atom is -0.406 e. The number of hydrogen-bond acceptors (Lipinski definition) is 4. The molecule has 3 rings (SSSR count). The van der Waals surface area contributed by atoms with Crippen LogP contribution < -0.4 is 15.8 Å². The molecule has 0 atom stereocenters. The van der Waals surface area contributed by atoms with Crippen molar-refractivity contribution in [2.45, 2.75) is 19.2 Å². The quantitative estimate of drug-likeness (QED) is 0.365. The standard InChI is InChI=1S/C18H17F3N4OS/c19-18(20,21)26-13-9-7-12(8-10-13)24-17(22)23-11-3-6-16-25-14-4-1-2-5-15(14)27-16/h1-2,4-5,7-10H,3,6,11H2,(H3,22,23,24). The fourth-order valence-electron chi connectivity index (χ4n) is 2.38. The molecule has 3 aromatic rings. The van der Waals surface area contributed by atoms with Gasteiger partial charge in [-0.2, -0.15) is 0 Å². The molecule has 0 fully saturated rings. The van der Waals surface area contributed by atoms with Gasteiger partial charge in [-0.1, -0.05) is 12.1 Å². The number of rotatable bonds is 6. The molecule has 0 unspecified atom stereocenters. The van der Waals surface area contributed by atoms with Crippen molar-refractivity contribution in [3.8, 4) is 5.75 Å². The fourth-order valence-corrected chi connectivity index (χ4v) is 3.39. The van der Waals surface area contributed by atoms with Crippen LogP contribution in [-0.2, 0) is 6.42 Å². The maximum atomic E-state index is 12.1. The highest BCUT2D eigenvalue weighted by Gasteiger charge is 2.30. The molecule has 0 saturated heterocycles. The van der Waals surface area contributed by atoms with E-state index in [1.54, 1.807) is 11.3 Å². The Bertz CT molecular complexity index is 889. The van der Waals surface area contributed by atoms with E-state index < -0.39 is 6.36 Å². The lowest BCUT2D eigenvalue weighted by molar-refractivity contribution is -0.274. The van der Waals surface area contributed by atoms with Crippen molar-refractivity contribution in [2.75, 3.05) is 11.9 Å². The molecule has 0 radical (unpaired) electrons. The van der Waals surface area contributed by atoms with Crippen molar-refractivity contribution in [1.82, 2.24) is 4.98 Å². The number of alkyl halides is 3. The van der Waals surface area contributed by atoms with Crippen molar-refractivity contribution >= 4 is 33.2 Å². The Morgan fingerprint density at radius 2 is 1.89 bits per heavy atom. The van der Waals surface area contributed by atoms with Gasteiger partial charge in [0.1, 0.15) is 5.75 Å². The highest BCUT2D eigenvalue weighted by atomic mass is 32.1. The maximum Gasteiger partial charge on any atom is 0.573 e. The van der Waals surface area contributed by atoms with Gasteiger partial charge in [-0.25, -0.2) is 4.98 Å². The average Bonchev–Trinajstić information content (AvgIpc) is 3.02. The summed E-state index contributed by atoms with van der Waals surface area (Å²) < 4.78 is 41.4. The number of aromatic nitrogens is 1. The summed E-state index contributed by atoms with van der Waals surface area (Å²) in [5.41, 5.74) is 7.33. The first-order valence-electron chi connectivity index (χ1n) is 8.16. The minimum atomic E-state index is -4.71. The number of para-hydroxylation sites is 1. The Labute approximate surface area is 157 Å². The van der Waals surface area contributed by atoms with Gasteiger partial charge in [-0.05, 0) is 42.8 Å². The molecule has 0 saturated carbocycles. The summed E-state index contributed by atoms with van der Waals surface area (Å²) in [5.74, 6) is -0.0943. The van der Waals surface area contributed by atoms with Crippen LogP contribution in [0.15, 0.2) is 53.5 Å². The van der Waals surface area contributed by atoms with Crippen molar-refractivity contribution in [1.29, 1.82) is 0 Å². The van der Waals surface area contributed by atoms with Gasteiger partial charge in [-0.15, -0.1) is 24.5 Å². The highest BCUT2D eigenvalue weighted by Crippen LogP contribution is 2.24.